The van der Waals surface area contributed by atoms with Crippen molar-refractivity contribution < 1.29 is 37.5 Å². The zero-order valence-electron chi connectivity index (χ0n) is 12.7. The summed E-state index contributed by atoms with van der Waals surface area (Å²) in [5, 5.41) is 23.5. The van der Waals surface area contributed by atoms with Gasteiger partial charge in [0.1, 0.15) is 0 Å². The Morgan fingerprint density at radius 2 is 1.96 bits per heavy atom. The van der Waals surface area contributed by atoms with E-state index in [1.807, 2.05) is 0 Å². The van der Waals surface area contributed by atoms with Gasteiger partial charge in [-0.3, -0.25) is 4.55 Å². The van der Waals surface area contributed by atoms with E-state index >= 15 is 0 Å². The van der Waals surface area contributed by atoms with Crippen LogP contribution in [0.15, 0.2) is 0 Å². The van der Waals surface area contributed by atoms with Crippen LogP contribution in [0, 0.1) is 0 Å². The van der Waals surface area contributed by atoms with Gasteiger partial charge < -0.3 is 30.3 Å². The van der Waals surface area contributed by atoms with E-state index < -0.39 is 40.4 Å². The molecule has 1 aliphatic rings. The molecule has 5 N–H and O–H groups in total. The third kappa shape index (κ3) is 9.69. The summed E-state index contributed by atoms with van der Waals surface area (Å²) in [6.07, 6.45) is -0.902. The van der Waals surface area contributed by atoms with Gasteiger partial charge in [0.15, 0.2) is 6.29 Å². The second-order valence-electron chi connectivity index (χ2n) is 5.19. The molecule has 11 heteroatoms. The lowest BCUT2D eigenvalue weighted by Crippen LogP contribution is -2.41. The standard InChI is InChI=1S/C12H24N2O8S/c15-8-10-6-9(16)7-11(22-10)21-4-3-14-12(17)13-2-1-5-23(18,19)20/h9-11,15-16H,1-8H2,(H2,13,14,17)(H,18,19,20). The first-order chi connectivity index (χ1) is 10.8. The fourth-order valence-corrected chi connectivity index (χ4v) is 2.56. The quantitative estimate of drug-likeness (QED) is 0.245. The van der Waals surface area contributed by atoms with Gasteiger partial charge in [-0.2, -0.15) is 8.42 Å². The van der Waals surface area contributed by atoms with Gasteiger partial charge in [0.25, 0.3) is 10.1 Å². The van der Waals surface area contributed by atoms with Crippen molar-refractivity contribution in [3.63, 3.8) is 0 Å². The first kappa shape index (κ1) is 20.1. The topological polar surface area (TPSA) is 154 Å². The third-order valence-corrected chi connectivity index (χ3v) is 3.91. The van der Waals surface area contributed by atoms with Crippen molar-refractivity contribution in [2.75, 3.05) is 32.1 Å². The summed E-state index contributed by atoms with van der Waals surface area (Å²) >= 11 is 0. The van der Waals surface area contributed by atoms with Crippen LogP contribution < -0.4 is 10.6 Å². The van der Waals surface area contributed by atoms with Crippen LogP contribution in [0.4, 0.5) is 4.79 Å². The highest BCUT2D eigenvalue weighted by atomic mass is 32.2. The molecule has 0 spiro atoms. The Morgan fingerprint density at radius 3 is 2.61 bits per heavy atom. The van der Waals surface area contributed by atoms with Gasteiger partial charge in [-0.1, -0.05) is 0 Å². The summed E-state index contributed by atoms with van der Waals surface area (Å²) in [4.78, 5) is 11.4. The van der Waals surface area contributed by atoms with Crippen LogP contribution in [0.1, 0.15) is 19.3 Å². The number of carbonyl (C=O) groups is 1. The molecular weight excluding hydrogens is 332 g/mol. The summed E-state index contributed by atoms with van der Waals surface area (Å²) in [6.45, 7) is 0.279. The predicted octanol–water partition coefficient (Wildman–Crippen LogP) is -1.56. The van der Waals surface area contributed by atoms with E-state index in [1.165, 1.54) is 0 Å². The SMILES string of the molecule is O=C(NCCCS(=O)(=O)O)NCCOC1CC(O)CC(CO)O1. The Kier molecular flexibility index (Phi) is 8.73. The minimum atomic E-state index is -4.01. The minimum absolute atomic E-state index is 0.110. The van der Waals surface area contributed by atoms with E-state index in [9.17, 15) is 18.3 Å². The van der Waals surface area contributed by atoms with Crippen LogP contribution in [-0.2, 0) is 19.6 Å². The summed E-state index contributed by atoms with van der Waals surface area (Å²) in [5.74, 6) is -0.413. The molecule has 0 aliphatic carbocycles. The lowest BCUT2D eigenvalue weighted by atomic mass is 10.1. The van der Waals surface area contributed by atoms with E-state index in [0.717, 1.165) is 0 Å². The van der Waals surface area contributed by atoms with Gasteiger partial charge in [0.2, 0.25) is 0 Å². The van der Waals surface area contributed by atoms with Crippen molar-refractivity contribution in [3.8, 4) is 0 Å². The second kappa shape index (κ2) is 10.0. The molecule has 0 saturated carbocycles. The van der Waals surface area contributed by atoms with Crippen molar-refractivity contribution in [1.29, 1.82) is 0 Å². The lowest BCUT2D eigenvalue weighted by Gasteiger charge is -2.32. The van der Waals surface area contributed by atoms with Crippen molar-refractivity contribution in [2.24, 2.45) is 0 Å². The smallest absolute Gasteiger partial charge is 0.314 e. The van der Waals surface area contributed by atoms with Crippen LogP contribution >= 0.6 is 0 Å². The Labute approximate surface area is 134 Å². The molecule has 0 aromatic rings. The molecule has 0 aromatic carbocycles. The molecule has 23 heavy (non-hydrogen) atoms. The molecule has 3 unspecified atom stereocenters. The summed E-state index contributed by atoms with van der Waals surface area (Å²) in [6, 6.07) is -0.484. The van der Waals surface area contributed by atoms with Crippen molar-refractivity contribution in [2.45, 2.75) is 37.8 Å². The van der Waals surface area contributed by atoms with Crippen molar-refractivity contribution in [3.05, 3.63) is 0 Å². The average Bonchev–Trinajstić information content (AvgIpc) is 2.46. The highest BCUT2D eigenvalue weighted by Gasteiger charge is 2.28. The third-order valence-electron chi connectivity index (χ3n) is 3.10. The van der Waals surface area contributed by atoms with Crippen LogP contribution in [0.5, 0.6) is 0 Å². The molecule has 3 atom stereocenters. The molecule has 0 radical (unpaired) electrons. The molecule has 1 aliphatic heterocycles. The van der Waals surface area contributed by atoms with Gasteiger partial charge in [-0.15, -0.1) is 0 Å². The first-order valence-corrected chi connectivity index (χ1v) is 8.94. The molecule has 1 fully saturated rings. The summed E-state index contributed by atoms with van der Waals surface area (Å²) in [5.41, 5.74) is 0. The maximum Gasteiger partial charge on any atom is 0.314 e. The number of nitrogens with one attached hydrogen (secondary N) is 2. The van der Waals surface area contributed by atoms with E-state index in [4.69, 9.17) is 19.1 Å². The fraction of sp³-hybridized carbons (Fsp3) is 0.917. The Balaban J connectivity index is 2.06. The van der Waals surface area contributed by atoms with E-state index in [-0.39, 0.29) is 32.7 Å². The zero-order chi connectivity index (χ0) is 17.3. The first-order valence-electron chi connectivity index (χ1n) is 7.33. The highest BCUT2D eigenvalue weighted by molar-refractivity contribution is 7.85. The summed E-state index contributed by atoms with van der Waals surface area (Å²) in [7, 11) is -4.01. The Morgan fingerprint density at radius 1 is 1.26 bits per heavy atom. The van der Waals surface area contributed by atoms with E-state index in [1.54, 1.807) is 0 Å². The van der Waals surface area contributed by atoms with Gasteiger partial charge in [0, 0.05) is 25.9 Å². The largest absolute Gasteiger partial charge is 0.394 e. The number of hydrogen-bond donors (Lipinski definition) is 5. The van der Waals surface area contributed by atoms with E-state index in [0.29, 0.717) is 12.8 Å². The highest BCUT2D eigenvalue weighted by Crippen LogP contribution is 2.19. The van der Waals surface area contributed by atoms with Crippen molar-refractivity contribution >= 4 is 16.1 Å². The number of carbonyl (C=O) groups excluding carboxylic acids is 1. The molecule has 10 nitrogen and oxygen atoms in total. The van der Waals surface area contributed by atoms with Gasteiger partial charge >= 0.3 is 6.03 Å². The fourth-order valence-electron chi connectivity index (χ4n) is 2.05. The summed E-state index contributed by atoms with van der Waals surface area (Å²) < 4.78 is 40.2. The van der Waals surface area contributed by atoms with Gasteiger partial charge in [-0.05, 0) is 6.42 Å². The maximum atomic E-state index is 11.4. The zero-order valence-corrected chi connectivity index (χ0v) is 13.5. The minimum Gasteiger partial charge on any atom is -0.394 e. The predicted molar refractivity (Wildman–Crippen MR) is 79.4 cm³/mol. The van der Waals surface area contributed by atoms with Crippen LogP contribution in [0.3, 0.4) is 0 Å². The van der Waals surface area contributed by atoms with Crippen LogP contribution in [0.25, 0.3) is 0 Å². The number of aliphatic hydroxyl groups is 2. The Bertz CT molecular complexity index is 458. The average molecular weight is 356 g/mol. The normalized spacial score (nSPS) is 25.1. The molecule has 0 aromatic heterocycles. The molecule has 1 saturated heterocycles. The molecule has 2 amide bonds. The van der Waals surface area contributed by atoms with Gasteiger partial charge in [0.05, 0.1) is 31.2 Å². The van der Waals surface area contributed by atoms with Gasteiger partial charge in [-0.25, -0.2) is 4.79 Å². The second-order valence-corrected chi connectivity index (χ2v) is 6.76. The molecule has 136 valence electrons. The number of urea groups is 1. The molecule has 1 heterocycles. The molecular formula is C12H24N2O8S. The number of ether oxygens (including phenoxy) is 2. The van der Waals surface area contributed by atoms with Crippen LogP contribution in [0.2, 0.25) is 0 Å². The number of amides is 2. The van der Waals surface area contributed by atoms with E-state index in [2.05, 4.69) is 10.6 Å². The number of aliphatic hydroxyl groups excluding tert-OH is 2. The number of rotatable bonds is 9. The maximum absolute atomic E-state index is 11.4. The molecule has 0 bridgehead atoms. The number of hydrogen-bond acceptors (Lipinski definition) is 7. The lowest BCUT2D eigenvalue weighted by molar-refractivity contribution is -0.220. The monoisotopic (exact) mass is 356 g/mol. The Hall–Kier alpha value is -0.980. The van der Waals surface area contributed by atoms with Crippen LogP contribution in [-0.4, -0.2) is 79.8 Å². The van der Waals surface area contributed by atoms with Crippen molar-refractivity contribution in [1.82, 2.24) is 10.6 Å². The molecule has 1 rings (SSSR count).